The second-order valence-electron chi connectivity index (χ2n) is 9.88. The maximum atomic E-state index is 13.5. The van der Waals surface area contributed by atoms with Crippen molar-refractivity contribution in [1.29, 1.82) is 0 Å². The van der Waals surface area contributed by atoms with Gasteiger partial charge in [0.25, 0.3) is 5.91 Å². The lowest BCUT2D eigenvalue weighted by Gasteiger charge is -2.39. The minimum Gasteiger partial charge on any atom is -0.484 e. The standard InChI is InChI=1S/C28H37N3O3/c1-20-8-10-22(11-9-20)27-25-18-24(34-19-26(32)29-15-17-30(2)3)13-12-21(25)14-16-31(27)28(33)23-6-4-5-7-23/h8-13,18,23,27H,4-7,14-17,19H2,1-3H3,(H,29,32)/t27-/m1/s1. The van der Waals surface area contributed by atoms with Crippen molar-refractivity contribution in [3.8, 4) is 5.75 Å². The summed E-state index contributed by atoms with van der Waals surface area (Å²) in [6, 6.07) is 14.4. The molecule has 2 aromatic rings. The van der Waals surface area contributed by atoms with E-state index in [0.29, 0.717) is 12.3 Å². The predicted molar refractivity (Wildman–Crippen MR) is 134 cm³/mol. The van der Waals surface area contributed by atoms with Gasteiger partial charge in [0.05, 0.1) is 6.04 Å². The third kappa shape index (κ3) is 5.79. The van der Waals surface area contributed by atoms with Gasteiger partial charge in [-0.05, 0) is 69.1 Å². The number of nitrogens with one attached hydrogen (secondary N) is 1. The fourth-order valence-electron chi connectivity index (χ4n) is 5.05. The summed E-state index contributed by atoms with van der Waals surface area (Å²) in [5, 5.41) is 2.88. The summed E-state index contributed by atoms with van der Waals surface area (Å²) < 4.78 is 5.86. The molecule has 0 spiro atoms. The molecule has 6 nitrogen and oxygen atoms in total. The van der Waals surface area contributed by atoms with Gasteiger partial charge < -0.3 is 19.9 Å². The highest BCUT2D eigenvalue weighted by atomic mass is 16.5. The number of aryl methyl sites for hydroxylation is 1. The van der Waals surface area contributed by atoms with Crippen molar-refractivity contribution in [2.75, 3.05) is 40.3 Å². The number of rotatable bonds is 8. The van der Waals surface area contributed by atoms with E-state index in [1.807, 2.05) is 31.1 Å². The van der Waals surface area contributed by atoms with Crippen LogP contribution in [0.5, 0.6) is 5.75 Å². The molecular formula is C28H37N3O3. The second kappa shape index (κ2) is 11.0. The molecule has 0 radical (unpaired) electrons. The first-order chi connectivity index (χ1) is 16.4. The number of fused-ring (bicyclic) bond motifs is 1. The van der Waals surface area contributed by atoms with Gasteiger partial charge >= 0.3 is 0 Å². The minimum absolute atomic E-state index is 0.0217. The predicted octanol–water partition coefficient (Wildman–Crippen LogP) is 3.72. The number of hydrogen-bond donors (Lipinski definition) is 1. The molecule has 1 N–H and O–H groups in total. The van der Waals surface area contributed by atoms with Gasteiger partial charge in [-0.3, -0.25) is 9.59 Å². The average Bonchev–Trinajstić information content (AvgIpc) is 3.37. The molecule has 2 aliphatic rings. The van der Waals surface area contributed by atoms with Crippen molar-refractivity contribution in [2.45, 2.75) is 45.1 Å². The summed E-state index contributed by atoms with van der Waals surface area (Å²) >= 11 is 0. The molecule has 34 heavy (non-hydrogen) atoms. The first-order valence-corrected chi connectivity index (χ1v) is 12.5. The van der Waals surface area contributed by atoms with Crippen LogP contribution in [0.3, 0.4) is 0 Å². The summed E-state index contributed by atoms with van der Waals surface area (Å²) in [5.41, 5.74) is 4.66. The summed E-state index contributed by atoms with van der Waals surface area (Å²) in [4.78, 5) is 29.8. The lowest BCUT2D eigenvalue weighted by Crippen LogP contribution is -2.43. The Labute approximate surface area is 203 Å². The zero-order chi connectivity index (χ0) is 24.1. The van der Waals surface area contributed by atoms with E-state index in [2.05, 4.69) is 47.5 Å². The van der Waals surface area contributed by atoms with E-state index < -0.39 is 0 Å². The highest BCUT2D eigenvalue weighted by molar-refractivity contribution is 5.80. The van der Waals surface area contributed by atoms with Crippen LogP contribution in [0.25, 0.3) is 0 Å². The Bertz CT molecular complexity index is 996. The van der Waals surface area contributed by atoms with Crippen LogP contribution in [0.2, 0.25) is 0 Å². The normalized spacial score (nSPS) is 18.1. The van der Waals surface area contributed by atoms with E-state index in [4.69, 9.17) is 4.74 Å². The SMILES string of the molecule is Cc1ccc([C@@H]2c3cc(OCC(=O)NCCN(C)C)ccc3CCN2C(=O)C2CCCC2)cc1. The van der Waals surface area contributed by atoms with Crippen LogP contribution in [0.15, 0.2) is 42.5 Å². The molecule has 1 fully saturated rings. The van der Waals surface area contributed by atoms with E-state index in [9.17, 15) is 9.59 Å². The van der Waals surface area contributed by atoms with Crippen LogP contribution < -0.4 is 10.1 Å². The van der Waals surface area contributed by atoms with Gasteiger partial charge in [0.15, 0.2) is 6.61 Å². The molecule has 2 aromatic carbocycles. The number of ether oxygens (including phenoxy) is 1. The lowest BCUT2D eigenvalue weighted by molar-refractivity contribution is -0.137. The molecule has 1 aliphatic heterocycles. The van der Waals surface area contributed by atoms with Crippen LogP contribution in [-0.2, 0) is 16.0 Å². The van der Waals surface area contributed by atoms with E-state index in [0.717, 1.165) is 56.3 Å². The quantitative estimate of drug-likeness (QED) is 0.648. The molecule has 0 unspecified atom stereocenters. The number of amides is 2. The fraction of sp³-hybridized carbons (Fsp3) is 0.500. The van der Waals surface area contributed by atoms with Gasteiger partial charge in [-0.25, -0.2) is 0 Å². The van der Waals surface area contributed by atoms with Gasteiger partial charge in [0.1, 0.15) is 5.75 Å². The molecule has 1 atom stereocenters. The highest BCUT2D eigenvalue weighted by Crippen LogP contribution is 2.39. The summed E-state index contributed by atoms with van der Waals surface area (Å²) in [7, 11) is 3.95. The van der Waals surface area contributed by atoms with Crippen molar-refractivity contribution in [3.63, 3.8) is 0 Å². The van der Waals surface area contributed by atoms with Crippen LogP contribution >= 0.6 is 0 Å². The molecule has 1 aliphatic carbocycles. The van der Waals surface area contributed by atoms with Gasteiger partial charge in [-0.1, -0.05) is 48.7 Å². The maximum Gasteiger partial charge on any atom is 0.257 e. The first kappa shape index (κ1) is 24.3. The van der Waals surface area contributed by atoms with E-state index >= 15 is 0 Å². The Morgan fingerprint density at radius 2 is 1.82 bits per heavy atom. The smallest absolute Gasteiger partial charge is 0.257 e. The van der Waals surface area contributed by atoms with Gasteiger partial charge in [0.2, 0.25) is 5.91 Å². The monoisotopic (exact) mass is 463 g/mol. The number of carbonyl (C=O) groups is 2. The second-order valence-corrected chi connectivity index (χ2v) is 9.88. The van der Waals surface area contributed by atoms with Crippen molar-refractivity contribution in [2.24, 2.45) is 5.92 Å². The zero-order valence-electron chi connectivity index (χ0n) is 20.7. The Kier molecular flexibility index (Phi) is 7.88. The first-order valence-electron chi connectivity index (χ1n) is 12.5. The van der Waals surface area contributed by atoms with Crippen LogP contribution in [0.4, 0.5) is 0 Å². The summed E-state index contributed by atoms with van der Waals surface area (Å²) in [6.45, 7) is 4.16. The molecule has 6 heteroatoms. The van der Waals surface area contributed by atoms with Crippen molar-refractivity contribution >= 4 is 11.8 Å². The average molecular weight is 464 g/mol. The Morgan fingerprint density at radius 1 is 1.09 bits per heavy atom. The van der Waals surface area contributed by atoms with E-state index in [1.165, 1.54) is 11.1 Å². The number of benzene rings is 2. The van der Waals surface area contributed by atoms with Crippen LogP contribution in [-0.4, -0.2) is 62.0 Å². The molecule has 0 bridgehead atoms. The van der Waals surface area contributed by atoms with Gasteiger partial charge in [-0.2, -0.15) is 0 Å². The van der Waals surface area contributed by atoms with Gasteiger partial charge in [0, 0.05) is 25.6 Å². The minimum atomic E-state index is -0.132. The summed E-state index contributed by atoms with van der Waals surface area (Å²) in [6.07, 6.45) is 5.11. The summed E-state index contributed by atoms with van der Waals surface area (Å²) in [5.74, 6) is 0.946. The molecule has 182 valence electrons. The third-order valence-electron chi connectivity index (χ3n) is 6.98. The van der Waals surface area contributed by atoms with Crippen LogP contribution in [0, 0.1) is 12.8 Å². The molecular weight excluding hydrogens is 426 g/mol. The molecule has 4 rings (SSSR count). The Balaban J connectivity index is 1.56. The van der Waals surface area contributed by atoms with Crippen molar-refractivity contribution < 1.29 is 14.3 Å². The van der Waals surface area contributed by atoms with Crippen LogP contribution in [0.1, 0.15) is 54.0 Å². The number of nitrogens with zero attached hydrogens (tertiary/aromatic N) is 2. The number of carbonyl (C=O) groups excluding carboxylic acids is 2. The van der Waals surface area contributed by atoms with Crippen molar-refractivity contribution in [1.82, 2.24) is 15.1 Å². The Morgan fingerprint density at radius 3 is 2.53 bits per heavy atom. The van der Waals surface area contributed by atoms with Gasteiger partial charge in [-0.15, -0.1) is 0 Å². The Hall–Kier alpha value is -2.86. The number of likely N-dealkylation sites (N-methyl/N-ethyl adjacent to an activating group) is 1. The van der Waals surface area contributed by atoms with E-state index in [-0.39, 0.29) is 30.4 Å². The van der Waals surface area contributed by atoms with Crippen molar-refractivity contribution in [3.05, 3.63) is 64.7 Å². The fourth-order valence-corrected chi connectivity index (χ4v) is 5.05. The zero-order valence-corrected chi connectivity index (χ0v) is 20.7. The largest absolute Gasteiger partial charge is 0.484 e. The lowest BCUT2D eigenvalue weighted by atomic mass is 9.86. The highest BCUT2D eigenvalue weighted by Gasteiger charge is 2.36. The molecule has 1 heterocycles. The maximum absolute atomic E-state index is 13.5. The molecule has 1 saturated carbocycles. The third-order valence-corrected chi connectivity index (χ3v) is 6.98. The topological polar surface area (TPSA) is 61.9 Å². The molecule has 2 amide bonds. The molecule has 0 aromatic heterocycles. The number of hydrogen-bond acceptors (Lipinski definition) is 4. The molecule has 0 saturated heterocycles. The van der Waals surface area contributed by atoms with E-state index in [1.54, 1.807) is 0 Å².